The van der Waals surface area contributed by atoms with Gasteiger partial charge in [-0.3, -0.25) is 0 Å². The Bertz CT molecular complexity index is 913. The van der Waals surface area contributed by atoms with Crippen LogP contribution in [0.25, 0.3) is 0 Å². The summed E-state index contributed by atoms with van der Waals surface area (Å²) >= 11 is 6.00. The second kappa shape index (κ2) is 7.15. The molecule has 2 aromatic carbocycles. The Kier molecular flexibility index (Phi) is 5.56. The van der Waals surface area contributed by atoms with Crippen LogP contribution in [0.2, 0.25) is 5.02 Å². The molecular formula is C18H20ClNO4S. The van der Waals surface area contributed by atoms with Gasteiger partial charge in [0.25, 0.3) is 0 Å². The van der Waals surface area contributed by atoms with E-state index in [1.807, 2.05) is 32.9 Å². The molecule has 0 aliphatic rings. The normalized spacial score (nSPS) is 11.6. The lowest BCUT2D eigenvalue weighted by Gasteiger charge is -2.15. The van der Waals surface area contributed by atoms with Gasteiger partial charge in [0, 0.05) is 14.1 Å². The average molecular weight is 382 g/mol. The van der Waals surface area contributed by atoms with Crippen molar-refractivity contribution in [1.29, 1.82) is 0 Å². The summed E-state index contributed by atoms with van der Waals surface area (Å²) < 4.78 is 31.2. The summed E-state index contributed by atoms with van der Waals surface area (Å²) in [5.41, 5.74) is 2.85. The van der Waals surface area contributed by atoms with Crippen molar-refractivity contribution in [2.45, 2.75) is 25.7 Å². The van der Waals surface area contributed by atoms with Crippen molar-refractivity contribution in [1.82, 2.24) is 4.31 Å². The first kappa shape index (κ1) is 19.4. The molecule has 2 aromatic rings. The van der Waals surface area contributed by atoms with E-state index >= 15 is 0 Å². The Labute approximate surface area is 153 Å². The van der Waals surface area contributed by atoms with Crippen molar-refractivity contribution >= 4 is 27.6 Å². The minimum atomic E-state index is -3.76. The largest absolute Gasteiger partial charge is 0.422 e. The molecule has 0 atom stereocenters. The number of esters is 1. The Morgan fingerprint density at radius 1 is 1.04 bits per heavy atom. The summed E-state index contributed by atoms with van der Waals surface area (Å²) in [5.74, 6) is -0.163. The van der Waals surface area contributed by atoms with Crippen molar-refractivity contribution in [3.8, 4) is 5.75 Å². The summed E-state index contributed by atoms with van der Waals surface area (Å²) in [6.07, 6.45) is 0. The Morgan fingerprint density at radius 2 is 1.60 bits per heavy atom. The van der Waals surface area contributed by atoms with Gasteiger partial charge in [-0.1, -0.05) is 29.3 Å². The van der Waals surface area contributed by atoms with Gasteiger partial charge in [0.05, 0.1) is 10.6 Å². The molecule has 0 aliphatic heterocycles. The predicted molar refractivity (Wildman–Crippen MR) is 97.9 cm³/mol. The van der Waals surface area contributed by atoms with Crippen LogP contribution in [0.5, 0.6) is 5.75 Å². The number of halogens is 1. The number of hydrogen-bond acceptors (Lipinski definition) is 4. The number of rotatable bonds is 4. The summed E-state index contributed by atoms with van der Waals surface area (Å²) in [6, 6.07) is 7.89. The molecule has 0 radical (unpaired) electrons. The van der Waals surface area contributed by atoms with Crippen molar-refractivity contribution in [3.63, 3.8) is 0 Å². The van der Waals surface area contributed by atoms with Gasteiger partial charge in [-0.15, -0.1) is 0 Å². The molecule has 2 rings (SSSR count). The van der Waals surface area contributed by atoms with Gasteiger partial charge in [-0.05, 0) is 50.1 Å². The molecule has 25 heavy (non-hydrogen) atoms. The molecule has 134 valence electrons. The van der Waals surface area contributed by atoms with Gasteiger partial charge < -0.3 is 4.74 Å². The van der Waals surface area contributed by atoms with Gasteiger partial charge in [-0.25, -0.2) is 17.5 Å². The zero-order valence-electron chi connectivity index (χ0n) is 14.8. The third kappa shape index (κ3) is 4.03. The monoisotopic (exact) mass is 381 g/mol. The Hall–Kier alpha value is -1.89. The van der Waals surface area contributed by atoms with Crippen LogP contribution in [0.3, 0.4) is 0 Å². The first-order chi connectivity index (χ1) is 11.5. The number of ether oxygens (including phenoxy) is 1. The van der Waals surface area contributed by atoms with Gasteiger partial charge in [0.15, 0.2) is 0 Å². The van der Waals surface area contributed by atoms with E-state index in [2.05, 4.69) is 0 Å². The number of nitrogens with zero attached hydrogens (tertiary/aromatic N) is 1. The lowest BCUT2D eigenvalue weighted by Crippen LogP contribution is -2.23. The predicted octanol–water partition coefficient (Wildman–Crippen LogP) is 3.73. The standard InChI is InChI=1S/C18H20ClNO4S/c1-11-8-12(2)17(13(3)9-11)24-18(21)14-6-7-15(19)16(10-14)25(22,23)20(4)5/h6-10H,1-5H3. The minimum Gasteiger partial charge on any atom is -0.422 e. The van der Waals surface area contributed by atoms with E-state index in [1.54, 1.807) is 0 Å². The fraction of sp³-hybridized carbons (Fsp3) is 0.278. The molecule has 5 nitrogen and oxygen atoms in total. The molecule has 0 saturated heterocycles. The molecule has 0 bridgehead atoms. The van der Waals surface area contributed by atoms with Crippen molar-refractivity contribution in [3.05, 3.63) is 57.6 Å². The van der Waals surface area contributed by atoms with Crippen molar-refractivity contribution in [2.75, 3.05) is 14.1 Å². The quantitative estimate of drug-likeness (QED) is 0.598. The first-order valence-electron chi connectivity index (χ1n) is 7.56. The van der Waals surface area contributed by atoms with Gasteiger partial charge >= 0.3 is 5.97 Å². The van der Waals surface area contributed by atoms with Crippen LogP contribution in [0.1, 0.15) is 27.0 Å². The van der Waals surface area contributed by atoms with Crippen LogP contribution in [0.15, 0.2) is 35.2 Å². The van der Waals surface area contributed by atoms with Crippen LogP contribution >= 0.6 is 11.6 Å². The molecule has 0 aliphatic carbocycles. The van der Waals surface area contributed by atoms with Crippen LogP contribution in [-0.4, -0.2) is 32.8 Å². The molecule has 0 unspecified atom stereocenters. The lowest BCUT2D eigenvalue weighted by atomic mass is 10.1. The topological polar surface area (TPSA) is 63.7 Å². The highest BCUT2D eigenvalue weighted by atomic mass is 35.5. The van der Waals surface area contributed by atoms with E-state index in [0.717, 1.165) is 21.0 Å². The van der Waals surface area contributed by atoms with Crippen molar-refractivity contribution < 1.29 is 17.9 Å². The summed E-state index contributed by atoms with van der Waals surface area (Å²) in [5, 5.41) is 0.0490. The molecule has 0 aromatic heterocycles. The zero-order valence-corrected chi connectivity index (χ0v) is 16.3. The average Bonchev–Trinajstić information content (AvgIpc) is 2.50. The fourth-order valence-electron chi connectivity index (χ4n) is 2.50. The second-order valence-electron chi connectivity index (χ2n) is 6.05. The minimum absolute atomic E-state index is 0.0490. The number of carbonyl (C=O) groups is 1. The SMILES string of the molecule is Cc1cc(C)c(OC(=O)c2ccc(Cl)c(S(=O)(=O)N(C)C)c2)c(C)c1. The molecule has 0 spiro atoms. The van der Waals surface area contributed by atoms with E-state index < -0.39 is 16.0 Å². The molecule has 7 heteroatoms. The molecule has 0 fully saturated rings. The number of aryl methyl sites for hydroxylation is 3. The smallest absolute Gasteiger partial charge is 0.343 e. The molecule has 0 N–H and O–H groups in total. The Morgan fingerprint density at radius 3 is 2.12 bits per heavy atom. The highest BCUT2D eigenvalue weighted by Gasteiger charge is 2.23. The number of sulfonamides is 1. The fourth-order valence-corrected chi connectivity index (χ4v) is 3.90. The maximum atomic E-state index is 12.5. The van der Waals surface area contributed by atoms with E-state index in [0.29, 0.717) is 5.75 Å². The van der Waals surface area contributed by atoms with Gasteiger partial charge in [-0.2, -0.15) is 0 Å². The molecule has 0 amide bonds. The lowest BCUT2D eigenvalue weighted by molar-refractivity contribution is 0.0732. The van der Waals surface area contributed by atoms with Gasteiger partial charge in [0.2, 0.25) is 10.0 Å². The molecule has 0 heterocycles. The Balaban J connectivity index is 2.42. The van der Waals surface area contributed by atoms with E-state index in [1.165, 1.54) is 32.3 Å². The number of carbonyl (C=O) groups excluding carboxylic acids is 1. The van der Waals surface area contributed by atoms with Gasteiger partial charge in [0.1, 0.15) is 10.6 Å². The van der Waals surface area contributed by atoms with E-state index in [4.69, 9.17) is 16.3 Å². The second-order valence-corrected chi connectivity index (χ2v) is 8.58. The highest BCUT2D eigenvalue weighted by Crippen LogP contribution is 2.28. The summed E-state index contributed by atoms with van der Waals surface area (Å²) in [6.45, 7) is 5.67. The van der Waals surface area contributed by atoms with E-state index in [-0.39, 0.29) is 15.5 Å². The number of hydrogen-bond donors (Lipinski definition) is 0. The summed E-state index contributed by atoms with van der Waals surface area (Å²) in [4.78, 5) is 12.4. The van der Waals surface area contributed by atoms with Crippen LogP contribution in [0.4, 0.5) is 0 Å². The number of benzene rings is 2. The molecular weight excluding hydrogens is 362 g/mol. The maximum absolute atomic E-state index is 12.5. The highest BCUT2D eigenvalue weighted by molar-refractivity contribution is 7.89. The third-order valence-electron chi connectivity index (χ3n) is 3.72. The first-order valence-corrected chi connectivity index (χ1v) is 9.38. The van der Waals surface area contributed by atoms with Crippen LogP contribution in [-0.2, 0) is 10.0 Å². The maximum Gasteiger partial charge on any atom is 0.343 e. The van der Waals surface area contributed by atoms with E-state index in [9.17, 15) is 13.2 Å². The van der Waals surface area contributed by atoms with Crippen LogP contribution in [0, 0.1) is 20.8 Å². The van der Waals surface area contributed by atoms with Crippen LogP contribution < -0.4 is 4.74 Å². The summed E-state index contributed by atoms with van der Waals surface area (Å²) in [7, 11) is -0.968. The third-order valence-corrected chi connectivity index (χ3v) is 6.02. The zero-order chi connectivity index (χ0) is 18.9. The molecule has 0 saturated carbocycles. The van der Waals surface area contributed by atoms with Crippen molar-refractivity contribution in [2.24, 2.45) is 0 Å².